The Balaban J connectivity index is 1.47. The van der Waals surface area contributed by atoms with E-state index in [0.717, 1.165) is 47.3 Å². The second kappa shape index (κ2) is 6.28. The van der Waals surface area contributed by atoms with Crippen molar-refractivity contribution in [2.45, 2.75) is 18.9 Å². The highest BCUT2D eigenvalue weighted by Gasteiger charge is 2.40. The van der Waals surface area contributed by atoms with E-state index in [1.54, 1.807) is 12.4 Å². The smallest absolute Gasteiger partial charge is 0.225 e. The van der Waals surface area contributed by atoms with Crippen LogP contribution in [0.25, 0.3) is 10.9 Å². The van der Waals surface area contributed by atoms with Crippen molar-refractivity contribution in [3.8, 4) is 0 Å². The summed E-state index contributed by atoms with van der Waals surface area (Å²) in [4.78, 5) is 13.4. The van der Waals surface area contributed by atoms with Crippen molar-refractivity contribution >= 4 is 45.9 Å². The zero-order chi connectivity index (χ0) is 17.7. The maximum absolute atomic E-state index is 6.48. The normalized spacial score (nSPS) is 20.8. The highest BCUT2D eigenvalue weighted by Crippen LogP contribution is 2.41. The average molecular weight is 389 g/mol. The number of piperazine rings is 1. The van der Waals surface area contributed by atoms with Crippen molar-refractivity contribution in [3.05, 3.63) is 40.6 Å². The number of hydrogen-bond donors (Lipinski definition) is 1. The summed E-state index contributed by atoms with van der Waals surface area (Å²) in [6.45, 7) is 2.58. The number of anilines is 2. The van der Waals surface area contributed by atoms with Gasteiger partial charge in [-0.3, -0.25) is 5.10 Å². The molecule has 1 N–H and O–H groups in total. The summed E-state index contributed by atoms with van der Waals surface area (Å²) in [7, 11) is 0. The maximum atomic E-state index is 6.48. The number of fused-ring (bicyclic) bond motifs is 1. The van der Waals surface area contributed by atoms with Gasteiger partial charge in [0.15, 0.2) is 5.82 Å². The Bertz CT molecular complexity index is 937. The number of rotatable bonds is 3. The zero-order valence-electron chi connectivity index (χ0n) is 14.1. The molecule has 1 atom stereocenters. The van der Waals surface area contributed by atoms with Gasteiger partial charge in [-0.1, -0.05) is 29.3 Å². The predicted octanol–water partition coefficient (Wildman–Crippen LogP) is 3.76. The van der Waals surface area contributed by atoms with Crippen LogP contribution in [0, 0.1) is 5.92 Å². The quantitative estimate of drug-likeness (QED) is 0.739. The fourth-order valence-electron chi connectivity index (χ4n) is 3.83. The molecule has 2 aliphatic rings. The van der Waals surface area contributed by atoms with Gasteiger partial charge in [-0.25, -0.2) is 9.97 Å². The molecule has 0 spiro atoms. The molecular formula is C18H18Cl2N6. The van der Waals surface area contributed by atoms with Gasteiger partial charge in [0.05, 0.1) is 39.4 Å². The molecule has 2 aromatic heterocycles. The molecular weight excluding hydrogens is 371 g/mol. The van der Waals surface area contributed by atoms with Gasteiger partial charge in [-0.2, -0.15) is 5.10 Å². The molecule has 134 valence electrons. The maximum Gasteiger partial charge on any atom is 0.225 e. The number of halogens is 2. The summed E-state index contributed by atoms with van der Waals surface area (Å²) in [5.74, 6) is 2.38. The lowest BCUT2D eigenvalue weighted by atomic mass is 10.1. The van der Waals surface area contributed by atoms with E-state index in [1.165, 1.54) is 12.8 Å². The highest BCUT2D eigenvalue weighted by atomic mass is 35.5. The topological polar surface area (TPSA) is 60.9 Å². The standard InChI is InChI=1S/C18H18Cl2N6/c19-12-8-21-18(22-9-12)25-6-7-26(15(10-25)11-4-5-11)17-16-13(20)2-1-3-14(16)23-24-17/h1-3,8-9,11,15H,4-7,10H2,(H,23,24). The van der Waals surface area contributed by atoms with Gasteiger partial charge in [0, 0.05) is 19.6 Å². The fraction of sp³-hybridized carbons (Fsp3) is 0.389. The molecule has 6 nitrogen and oxygen atoms in total. The zero-order valence-corrected chi connectivity index (χ0v) is 15.6. The van der Waals surface area contributed by atoms with Crippen LogP contribution in [-0.4, -0.2) is 45.8 Å². The first-order valence-electron chi connectivity index (χ1n) is 8.82. The summed E-state index contributed by atoms with van der Waals surface area (Å²) in [6.07, 6.45) is 5.83. The van der Waals surface area contributed by atoms with E-state index in [4.69, 9.17) is 23.2 Å². The second-order valence-electron chi connectivity index (χ2n) is 6.96. The summed E-state index contributed by atoms with van der Waals surface area (Å²) >= 11 is 12.4. The second-order valence-corrected chi connectivity index (χ2v) is 7.80. The van der Waals surface area contributed by atoms with Gasteiger partial charge in [-0.15, -0.1) is 0 Å². The van der Waals surface area contributed by atoms with E-state index in [2.05, 4.69) is 30.0 Å². The molecule has 26 heavy (non-hydrogen) atoms. The van der Waals surface area contributed by atoms with Crippen molar-refractivity contribution in [3.63, 3.8) is 0 Å². The van der Waals surface area contributed by atoms with E-state index < -0.39 is 0 Å². The number of nitrogens with one attached hydrogen (secondary N) is 1. The molecule has 3 heterocycles. The van der Waals surface area contributed by atoms with Crippen LogP contribution in [0.1, 0.15) is 12.8 Å². The molecule has 5 rings (SSSR count). The van der Waals surface area contributed by atoms with Gasteiger partial charge in [-0.05, 0) is 30.9 Å². The lowest BCUT2D eigenvalue weighted by Gasteiger charge is -2.42. The third kappa shape index (κ3) is 2.77. The van der Waals surface area contributed by atoms with Crippen molar-refractivity contribution in [1.29, 1.82) is 0 Å². The van der Waals surface area contributed by atoms with Crippen molar-refractivity contribution < 1.29 is 0 Å². The van der Waals surface area contributed by atoms with E-state index in [-0.39, 0.29) is 0 Å². The van der Waals surface area contributed by atoms with Gasteiger partial charge in [0.25, 0.3) is 0 Å². The SMILES string of the molecule is Clc1cnc(N2CCN(c3n[nH]c4cccc(Cl)c34)C(C3CC3)C2)nc1. The Morgan fingerprint density at radius 2 is 1.88 bits per heavy atom. The van der Waals surface area contributed by atoms with E-state index in [9.17, 15) is 0 Å². The number of benzene rings is 1. The number of aromatic amines is 1. The molecule has 1 unspecified atom stereocenters. The van der Waals surface area contributed by atoms with Crippen molar-refractivity contribution in [2.75, 3.05) is 29.4 Å². The Morgan fingerprint density at radius 3 is 2.65 bits per heavy atom. The van der Waals surface area contributed by atoms with Crippen LogP contribution in [0.5, 0.6) is 0 Å². The fourth-order valence-corrected chi connectivity index (χ4v) is 4.19. The van der Waals surface area contributed by atoms with Crippen LogP contribution in [0.15, 0.2) is 30.6 Å². The monoisotopic (exact) mass is 388 g/mol. The first-order chi connectivity index (χ1) is 12.7. The Hall–Kier alpha value is -2.05. The van der Waals surface area contributed by atoms with Crippen LogP contribution >= 0.6 is 23.2 Å². The van der Waals surface area contributed by atoms with Crippen LogP contribution in [0.2, 0.25) is 10.0 Å². The number of aromatic nitrogens is 4. The molecule has 1 saturated heterocycles. The molecule has 1 aliphatic carbocycles. The third-order valence-electron chi connectivity index (χ3n) is 5.27. The minimum absolute atomic E-state index is 0.380. The predicted molar refractivity (Wildman–Crippen MR) is 104 cm³/mol. The van der Waals surface area contributed by atoms with E-state index in [0.29, 0.717) is 17.0 Å². The molecule has 8 heteroatoms. The minimum Gasteiger partial charge on any atom is -0.348 e. The Kier molecular flexibility index (Phi) is 3.90. The van der Waals surface area contributed by atoms with Crippen LogP contribution in [0.4, 0.5) is 11.8 Å². The van der Waals surface area contributed by atoms with Gasteiger partial charge >= 0.3 is 0 Å². The minimum atomic E-state index is 0.380. The van der Waals surface area contributed by atoms with Crippen molar-refractivity contribution in [1.82, 2.24) is 20.2 Å². The van der Waals surface area contributed by atoms with Gasteiger partial charge in [0.2, 0.25) is 5.95 Å². The lowest BCUT2D eigenvalue weighted by molar-refractivity contribution is 0.470. The summed E-state index contributed by atoms with van der Waals surface area (Å²) < 4.78 is 0. The largest absolute Gasteiger partial charge is 0.348 e. The Morgan fingerprint density at radius 1 is 1.08 bits per heavy atom. The average Bonchev–Trinajstić information content (AvgIpc) is 3.41. The third-order valence-corrected chi connectivity index (χ3v) is 5.78. The summed E-state index contributed by atoms with van der Waals surface area (Å²) in [6, 6.07) is 6.26. The molecule has 1 aromatic carbocycles. The van der Waals surface area contributed by atoms with Crippen LogP contribution < -0.4 is 9.80 Å². The molecule has 2 fully saturated rings. The summed E-state index contributed by atoms with van der Waals surface area (Å²) in [5, 5.41) is 10.0. The van der Waals surface area contributed by atoms with Crippen LogP contribution in [0.3, 0.4) is 0 Å². The molecule has 1 saturated carbocycles. The van der Waals surface area contributed by atoms with E-state index >= 15 is 0 Å². The molecule has 3 aromatic rings. The number of H-pyrrole nitrogens is 1. The first-order valence-corrected chi connectivity index (χ1v) is 9.58. The molecule has 0 amide bonds. The first kappa shape index (κ1) is 16.1. The van der Waals surface area contributed by atoms with Gasteiger partial charge < -0.3 is 9.80 Å². The number of hydrogen-bond acceptors (Lipinski definition) is 5. The molecule has 1 aliphatic heterocycles. The van der Waals surface area contributed by atoms with Gasteiger partial charge in [0.1, 0.15) is 0 Å². The van der Waals surface area contributed by atoms with Crippen molar-refractivity contribution in [2.24, 2.45) is 5.92 Å². The highest BCUT2D eigenvalue weighted by molar-refractivity contribution is 6.36. The van der Waals surface area contributed by atoms with Crippen LogP contribution in [-0.2, 0) is 0 Å². The molecule has 0 radical (unpaired) electrons. The Labute approximate surface area is 161 Å². The van der Waals surface area contributed by atoms with E-state index in [1.807, 2.05) is 18.2 Å². The molecule has 0 bridgehead atoms. The number of nitrogens with zero attached hydrogens (tertiary/aromatic N) is 5. The summed E-state index contributed by atoms with van der Waals surface area (Å²) in [5.41, 5.74) is 0.977. The lowest BCUT2D eigenvalue weighted by Crippen LogP contribution is -2.55.